The summed E-state index contributed by atoms with van der Waals surface area (Å²) >= 11 is 0. The largest absolute Gasteiger partial charge is 0.355 e. The van der Waals surface area contributed by atoms with E-state index in [0.29, 0.717) is 37.3 Å². The lowest BCUT2D eigenvalue weighted by Crippen LogP contribution is -2.37. The van der Waals surface area contributed by atoms with Gasteiger partial charge in [0.1, 0.15) is 11.9 Å². The summed E-state index contributed by atoms with van der Waals surface area (Å²) in [4.78, 5) is 6.57. The lowest BCUT2D eigenvalue weighted by Gasteiger charge is -2.33. The molecule has 0 bridgehead atoms. The van der Waals surface area contributed by atoms with Crippen molar-refractivity contribution in [2.45, 2.75) is 25.2 Å². The Hall–Kier alpha value is -2.22. The highest BCUT2D eigenvalue weighted by atomic mass is 19.3. The molecule has 22 heavy (non-hydrogen) atoms. The van der Waals surface area contributed by atoms with Gasteiger partial charge in [-0.15, -0.1) is 0 Å². The fourth-order valence-corrected chi connectivity index (χ4v) is 3.50. The second-order valence-electron chi connectivity index (χ2n) is 6.31. The number of fused-ring (bicyclic) bond motifs is 1. The van der Waals surface area contributed by atoms with Crippen LogP contribution < -0.4 is 4.90 Å². The Morgan fingerprint density at radius 1 is 1.18 bits per heavy atom. The van der Waals surface area contributed by atoms with Crippen molar-refractivity contribution in [1.29, 1.82) is 5.26 Å². The maximum absolute atomic E-state index is 13.5. The number of alkyl halides is 2. The number of piperidine rings is 1. The van der Waals surface area contributed by atoms with Gasteiger partial charge >= 0.3 is 0 Å². The molecule has 2 aromatic rings. The fraction of sp³-hybridized carbons (Fsp3) is 0.412. The van der Waals surface area contributed by atoms with Gasteiger partial charge in [0.05, 0.1) is 11.1 Å². The molecule has 1 aliphatic carbocycles. The van der Waals surface area contributed by atoms with Gasteiger partial charge in [-0.2, -0.15) is 5.26 Å². The normalized spacial score (nSPS) is 21.8. The van der Waals surface area contributed by atoms with Crippen LogP contribution in [0.15, 0.2) is 30.3 Å². The Morgan fingerprint density at radius 2 is 1.86 bits per heavy atom. The third-order valence-corrected chi connectivity index (χ3v) is 5.06. The minimum Gasteiger partial charge on any atom is -0.355 e. The lowest BCUT2D eigenvalue weighted by atomic mass is 9.92. The fourth-order valence-electron chi connectivity index (χ4n) is 3.50. The van der Waals surface area contributed by atoms with Gasteiger partial charge in [0.2, 0.25) is 0 Å². The van der Waals surface area contributed by atoms with E-state index >= 15 is 0 Å². The monoisotopic (exact) mass is 299 g/mol. The first-order valence-corrected chi connectivity index (χ1v) is 7.47. The first-order valence-electron chi connectivity index (χ1n) is 7.47. The summed E-state index contributed by atoms with van der Waals surface area (Å²) in [6, 6.07) is 11.6. The highest BCUT2D eigenvalue weighted by Gasteiger charge is 2.70. The van der Waals surface area contributed by atoms with Crippen LogP contribution in [-0.2, 0) is 0 Å². The first-order chi connectivity index (χ1) is 10.5. The van der Waals surface area contributed by atoms with Crippen LogP contribution in [0.5, 0.6) is 0 Å². The number of para-hydroxylation sites is 1. The summed E-state index contributed by atoms with van der Waals surface area (Å²) in [7, 11) is 0. The summed E-state index contributed by atoms with van der Waals surface area (Å²) in [6.45, 7) is 1.07. The first kappa shape index (κ1) is 13.4. The number of anilines is 1. The molecule has 1 saturated heterocycles. The third kappa shape index (κ3) is 1.87. The van der Waals surface area contributed by atoms with Crippen molar-refractivity contribution in [3.05, 3.63) is 35.9 Å². The van der Waals surface area contributed by atoms with E-state index in [-0.39, 0.29) is 6.42 Å². The Bertz CT molecular complexity index is 786. The van der Waals surface area contributed by atoms with E-state index in [0.717, 1.165) is 10.9 Å². The molecule has 0 unspecified atom stereocenters. The van der Waals surface area contributed by atoms with Gasteiger partial charge in [-0.25, -0.2) is 13.8 Å². The summed E-state index contributed by atoms with van der Waals surface area (Å²) in [6.07, 6.45) is 0.961. The van der Waals surface area contributed by atoms with Gasteiger partial charge in [0, 0.05) is 30.3 Å². The van der Waals surface area contributed by atoms with Crippen molar-refractivity contribution in [2.75, 3.05) is 18.0 Å². The summed E-state index contributed by atoms with van der Waals surface area (Å²) < 4.78 is 26.9. The molecular formula is C17H15F2N3. The van der Waals surface area contributed by atoms with E-state index in [2.05, 4.69) is 11.1 Å². The van der Waals surface area contributed by atoms with E-state index in [1.807, 2.05) is 35.2 Å². The van der Waals surface area contributed by atoms with Gasteiger partial charge < -0.3 is 4.90 Å². The molecule has 1 aliphatic heterocycles. The van der Waals surface area contributed by atoms with Crippen molar-refractivity contribution >= 4 is 16.7 Å². The zero-order valence-corrected chi connectivity index (χ0v) is 12.0. The quantitative estimate of drug-likeness (QED) is 0.805. The topological polar surface area (TPSA) is 39.9 Å². The predicted octanol–water partition coefficient (Wildman–Crippen LogP) is 3.73. The number of hydrogen-bond donors (Lipinski definition) is 0. The summed E-state index contributed by atoms with van der Waals surface area (Å²) in [5.41, 5.74) is 0.554. The average Bonchev–Trinajstić information content (AvgIpc) is 3.06. The van der Waals surface area contributed by atoms with E-state index in [4.69, 9.17) is 0 Å². The maximum Gasteiger partial charge on any atom is 0.254 e. The Labute approximate surface area is 127 Å². The highest BCUT2D eigenvalue weighted by molar-refractivity contribution is 5.83. The highest BCUT2D eigenvalue weighted by Crippen LogP contribution is 2.65. The molecule has 112 valence electrons. The molecule has 0 atom stereocenters. The molecule has 2 aliphatic rings. The summed E-state index contributed by atoms with van der Waals surface area (Å²) in [5.74, 6) is -1.87. The molecule has 4 rings (SSSR count). The Morgan fingerprint density at radius 3 is 2.50 bits per heavy atom. The van der Waals surface area contributed by atoms with Crippen LogP contribution in [-0.4, -0.2) is 24.0 Å². The average molecular weight is 299 g/mol. The molecule has 1 spiro atoms. The number of nitriles is 1. The van der Waals surface area contributed by atoms with Crippen LogP contribution in [0.2, 0.25) is 0 Å². The number of benzene rings is 1. The number of pyridine rings is 1. The van der Waals surface area contributed by atoms with Crippen molar-refractivity contribution < 1.29 is 8.78 Å². The van der Waals surface area contributed by atoms with Crippen LogP contribution in [0.3, 0.4) is 0 Å². The van der Waals surface area contributed by atoms with Gasteiger partial charge in [-0.3, -0.25) is 0 Å². The molecule has 0 N–H and O–H groups in total. The third-order valence-electron chi connectivity index (χ3n) is 5.06. The number of rotatable bonds is 1. The lowest BCUT2D eigenvalue weighted by molar-refractivity contribution is 0.0536. The van der Waals surface area contributed by atoms with Crippen molar-refractivity contribution in [3.63, 3.8) is 0 Å². The van der Waals surface area contributed by atoms with Gasteiger partial charge in [-0.1, -0.05) is 18.2 Å². The molecule has 2 heterocycles. The van der Waals surface area contributed by atoms with E-state index in [9.17, 15) is 14.0 Å². The van der Waals surface area contributed by atoms with Gasteiger partial charge in [0.15, 0.2) is 0 Å². The van der Waals surface area contributed by atoms with Crippen molar-refractivity contribution in [1.82, 2.24) is 4.98 Å². The van der Waals surface area contributed by atoms with E-state index in [1.54, 1.807) is 0 Å². The molecule has 0 radical (unpaired) electrons. The molecule has 1 saturated carbocycles. The number of hydrogen-bond acceptors (Lipinski definition) is 3. The molecule has 3 nitrogen and oxygen atoms in total. The molecule has 1 aromatic carbocycles. The van der Waals surface area contributed by atoms with Gasteiger partial charge in [0.25, 0.3) is 5.92 Å². The number of aromatic nitrogens is 1. The van der Waals surface area contributed by atoms with E-state index in [1.165, 1.54) is 0 Å². The SMILES string of the molecule is N#Cc1cc2ccccc2nc1N1CCC2(CC1)CC2(F)F. The zero-order valence-electron chi connectivity index (χ0n) is 12.0. The molecular weight excluding hydrogens is 284 g/mol. The standard InChI is InChI=1S/C17H15F2N3/c18-17(19)11-16(17)5-7-22(8-6-16)15-13(10-20)9-12-3-1-2-4-14(12)21-15/h1-4,9H,5-8,11H2. The second-order valence-corrected chi connectivity index (χ2v) is 6.31. The smallest absolute Gasteiger partial charge is 0.254 e. The maximum atomic E-state index is 13.5. The molecule has 1 aromatic heterocycles. The zero-order chi connectivity index (χ0) is 15.4. The van der Waals surface area contributed by atoms with E-state index < -0.39 is 11.3 Å². The van der Waals surface area contributed by atoms with Crippen LogP contribution in [0.4, 0.5) is 14.6 Å². The second kappa shape index (κ2) is 4.39. The van der Waals surface area contributed by atoms with Crippen LogP contribution in [0.25, 0.3) is 10.9 Å². The van der Waals surface area contributed by atoms with Crippen molar-refractivity contribution in [3.8, 4) is 6.07 Å². The van der Waals surface area contributed by atoms with Crippen LogP contribution >= 0.6 is 0 Å². The van der Waals surface area contributed by atoms with Gasteiger partial charge in [-0.05, 0) is 25.0 Å². The predicted molar refractivity (Wildman–Crippen MR) is 79.9 cm³/mol. The van der Waals surface area contributed by atoms with Crippen LogP contribution in [0, 0.1) is 16.7 Å². The molecule has 0 amide bonds. The summed E-state index contributed by atoms with van der Waals surface area (Å²) in [5, 5.41) is 10.3. The molecule has 5 heteroatoms. The number of nitrogens with zero attached hydrogens (tertiary/aromatic N) is 3. The van der Waals surface area contributed by atoms with Crippen LogP contribution in [0.1, 0.15) is 24.8 Å². The minimum atomic E-state index is -2.49. The molecule has 2 fully saturated rings. The Balaban J connectivity index is 1.66. The van der Waals surface area contributed by atoms with Crippen molar-refractivity contribution in [2.24, 2.45) is 5.41 Å². The minimum absolute atomic E-state index is 0.0180. The number of halogens is 2. The Kier molecular flexibility index (Phi) is 2.68.